The van der Waals surface area contributed by atoms with Gasteiger partial charge in [-0.05, 0) is 75.1 Å². The molecule has 2 N–H and O–H groups in total. The van der Waals surface area contributed by atoms with Crippen molar-refractivity contribution in [3.8, 4) is 0 Å². The van der Waals surface area contributed by atoms with E-state index in [1.807, 2.05) is 43.5 Å². The monoisotopic (exact) mass is 487 g/mol. The molecule has 0 bridgehead atoms. The summed E-state index contributed by atoms with van der Waals surface area (Å²) in [6, 6.07) is 9.35. The van der Waals surface area contributed by atoms with E-state index in [0.717, 1.165) is 64.5 Å². The van der Waals surface area contributed by atoms with Crippen LogP contribution in [0.5, 0.6) is 0 Å². The summed E-state index contributed by atoms with van der Waals surface area (Å²) in [7, 11) is 0. The van der Waals surface area contributed by atoms with Crippen LogP contribution in [-0.4, -0.2) is 22.1 Å². The predicted molar refractivity (Wildman–Crippen MR) is 141 cm³/mol. The number of carbonyl (C=O) groups excluding carboxylic acids is 1. The molecular weight excluding hydrogens is 462 g/mol. The fraction of sp³-hybridized carbons (Fsp3) is 0.308. The zero-order chi connectivity index (χ0) is 23.1. The minimum absolute atomic E-state index is 0.0937. The zero-order valence-corrected chi connectivity index (χ0v) is 20.6. The number of rotatable bonds is 5. The van der Waals surface area contributed by atoms with Crippen LogP contribution >= 0.6 is 22.7 Å². The average molecular weight is 488 g/mol. The first-order chi connectivity index (χ1) is 16.7. The van der Waals surface area contributed by atoms with Crippen molar-refractivity contribution >= 4 is 55.8 Å². The van der Waals surface area contributed by atoms with Gasteiger partial charge in [-0.25, -0.2) is 9.97 Å². The first kappa shape index (κ1) is 21.4. The van der Waals surface area contributed by atoms with Crippen LogP contribution in [0.25, 0.3) is 10.2 Å². The SMILES string of the molecule is Cc1nc(N/N=C/c2c(NC(=O)c3ccccc3)sc3c2CCCC3)c2c3c(sc2n1)CCC3. The van der Waals surface area contributed by atoms with E-state index in [9.17, 15) is 4.79 Å². The molecule has 172 valence electrons. The van der Waals surface area contributed by atoms with Crippen molar-refractivity contribution in [1.29, 1.82) is 0 Å². The highest BCUT2D eigenvalue weighted by molar-refractivity contribution is 7.19. The molecule has 6 nitrogen and oxygen atoms in total. The van der Waals surface area contributed by atoms with Gasteiger partial charge in [0.05, 0.1) is 11.6 Å². The third-order valence-corrected chi connectivity index (χ3v) is 8.92. The first-order valence-electron chi connectivity index (χ1n) is 11.8. The maximum absolute atomic E-state index is 12.9. The molecule has 8 heteroatoms. The second kappa shape index (κ2) is 8.92. The van der Waals surface area contributed by atoms with Gasteiger partial charge in [0.1, 0.15) is 15.7 Å². The van der Waals surface area contributed by atoms with Crippen molar-refractivity contribution in [2.45, 2.75) is 51.9 Å². The van der Waals surface area contributed by atoms with Crippen LogP contribution in [0.1, 0.15) is 61.9 Å². The molecule has 0 radical (unpaired) electrons. The Labute approximate surface area is 206 Å². The Morgan fingerprint density at radius 1 is 0.971 bits per heavy atom. The van der Waals surface area contributed by atoms with E-state index in [4.69, 9.17) is 0 Å². The Morgan fingerprint density at radius 3 is 2.62 bits per heavy atom. The van der Waals surface area contributed by atoms with E-state index in [2.05, 4.69) is 25.8 Å². The summed E-state index contributed by atoms with van der Waals surface area (Å²) in [5, 5.41) is 9.75. The maximum atomic E-state index is 12.9. The minimum atomic E-state index is -0.0937. The molecule has 4 aromatic rings. The van der Waals surface area contributed by atoms with Gasteiger partial charge >= 0.3 is 0 Å². The first-order valence-corrected chi connectivity index (χ1v) is 13.4. The second-order valence-electron chi connectivity index (χ2n) is 8.80. The number of hydrazone groups is 1. The largest absolute Gasteiger partial charge is 0.313 e. The van der Waals surface area contributed by atoms with Gasteiger partial charge in [-0.2, -0.15) is 5.10 Å². The molecule has 0 fully saturated rings. The van der Waals surface area contributed by atoms with Crippen LogP contribution in [0.4, 0.5) is 10.8 Å². The van der Waals surface area contributed by atoms with E-state index in [-0.39, 0.29) is 5.91 Å². The lowest BCUT2D eigenvalue weighted by atomic mass is 9.96. The molecule has 1 aromatic carbocycles. The molecule has 0 spiro atoms. The summed E-state index contributed by atoms with van der Waals surface area (Å²) < 4.78 is 0. The van der Waals surface area contributed by atoms with Crippen LogP contribution in [0.3, 0.4) is 0 Å². The van der Waals surface area contributed by atoms with E-state index in [1.165, 1.54) is 33.7 Å². The molecule has 0 saturated carbocycles. The van der Waals surface area contributed by atoms with Gasteiger partial charge in [0.15, 0.2) is 5.82 Å². The number of thiophene rings is 2. The number of fused-ring (bicyclic) bond motifs is 4. The third-order valence-electron chi connectivity index (χ3n) is 6.52. The molecule has 2 aliphatic carbocycles. The number of carbonyl (C=O) groups is 1. The van der Waals surface area contributed by atoms with Crippen LogP contribution in [0.2, 0.25) is 0 Å². The van der Waals surface area contributed by atoms with E-state index in [1.54, 1.807) is 22.7 Å². The summed E-state index contributed by atoms with van der Waals surface area (Å²) >= 11 is 3.46. The van der Waals surface area contributed by atoms with Gasteiger partial charge in [-0.15, -0.1) is 22.7 Å². The average Bonchev–Trinajstić information content (AvgIpc) is 3.52. The van der Waals surface area contributed by atoms with Crippen molar-refractivity contribution in [3.63, 3.8) is 0 Å². The molecule has 3 aromatic heterocycles. The standard InChI is InChI=1S/C26H25N5OS2/c1-15-28-23(22-18-11-7-13-21(18)34-26(22)29-15)31-27-14-19-17-10-5-6-12-20(17)33-25(19)30-24(32)16-8-3-2-4-9-16/h2-4,8-9,14H,5-7,10-13H2,1H3,(H,30,32)(H,28,29,31)/b27-14+. The van der Waals surface area contributed by atoms with E-state index >= 15 is 0 Å². The van der Waals surface area contributed by atoms with Crippen LogP contribution in [0.15, 0.2) is 35.4 Å². The molecule has 0 saturated heterocycles. The maximum Gasteiger partial charge on any atom is 0.256 e. The summed E-state index contributed by atoms with van der Waals surface area (Å²) in [6.07, 6.45) is 9.69. The van der Waals surface area contributed by atoms with Crippen molar-refractivity contribution in [3.05, 3.63) is 68.2 Å². The van der Waals surface area contributed by atoms with Crippen molar-refractivity contribution in [2.24, 2.45) is 5.10 Å². The van der Waals surface area contributed by atoms with Crippen LogP contribution in [-0.2, 0) is 25.7 Å². The van der Waals surface area contributed by atoms with E-state index < -0.39 is 0 Å². The Balaban J connectivity index is 1.32. The number of anilines is 2. The molecule has 1 amide bonds. The lowest BCUT2D eigenvalue weighted by molar-refractivity contribution is 0.102. The number of aromatic nitrogens is 2. The number of benzene rings is 1. The number of amides is 1. The molecule has 0 unspecified atom stereocenters. The van der Waals surface area contributed by atoms with Crippen molar-refractivity contribution in [1.82, 2.24) is 9.97 Å². The minimum Gasteiger partial charge on any atom is -0.313 e. The highest BCUT2D eigenvalue weighted by atomic mass is 32.1. The number of nitrogens with zero attached hydrogens (tertiary/aromatic N) is 3. The molecule has 3 heterocycles. The van der Waals surface area contributed by atoms with Crippen LogP contribution < -0.4 is 10.7 Å². The quantitative estimate of drug-likeness (QED) is 0.262. The van der Waals surface area contributed by atoms with Crippen molar-refractivity contribution in [2.75, 3.05) is 10.7 Å². The van der Waals surface area contributed by atoms with Gasteiger partial charge in [-0.1, -0.05) is 18.2 Å². The number of aryl methyl sites for hydroxylation is 4. The van der Waals surface area contributed by atoms with Gasteiger partial charge in [-0.3, -0.25) is 10.2 Å². The fourth-order valence-electron chi connectivity index (χ4n) is 4.93. The number of hydrogen-bond acceptors (Lipinski definition) is 7. The number of nitrogens with one attached hydrogen (secondary N) is 2. The van der Waals surface area contributed by atoms with Gasteiger partial charge in [0.2, 0.25) is 0 Å². The van der Waals surface area contributed by atoms with Gasteiger partial charge in [0.25, 0.3) is 5.91 Å². The Bertz CT molecular complexity index is 1420. The lowest BCUT2D eigenvalue weighted by Crippen LogP contribution is -2.12. The predicted octanol–water partition coefficient (Wildman–Crippen LogP) is 6.13. The summed E-state index contributed by atoms with van der Waals surface area (Å²) in [6.45, 7) is 1.92. The summed E-state index contributed by atoms with van der Waals surface area (Å²) in [5.74, 6) is 1.43. The van der Waals surface area contributed by atoms with Crippen molar-refractivity contribution < 1.29 is 4.79 Å². The molecule has 2 aliphatic rings. The normalized spacial score (nSPS) is 15.0. The third kappa shape index (κ3) is 3.91. The topological polar surface area (TPSA) is 79.3 Å². The second-order valence-corrected chi connectivity index (χ2v) is 11.0. The Kier molecular flexibility index (Phi) is 5.63. The number of hydrogen-bond donors (Lipinski definition) is 2. The molecular formula is C26H25N5OS2. The zero-order valence-electron chi connectivity index (χ0n) is 19.0. The van der Waals surface area contributed by atoms with Gasteiger partial charge in [0, 0.05) is 20.9 Å². The fourth-order valence-corrected chi connectivity index (χ4v) is 7.49. The molecule has 6 rings (SSSR count). The highest BCUT2D eigenvalue weighted by Gasteiger charge is 2.23. The smallest absolute Gasteiger partial charge is 0.256 e. The van der Waals surface area contributed by atoms with Gasteiger partial charge < -0.3 is 5.32 Å². The van der Waals surface area contributed by atoms with E-state index in [0.29, 0.717) is 5.56 Å². The highest BCUT2D eigenvalue weighted by Crippen LogP contribution is 2.40. The molecule has 34 heavy (non-hydrogen) atoms. The Morgan fingerprint density at radius 2 is 1.74 bits per heavy atom. The summed E-state index contributed by atoms with van der Waals surface area (Å²) in [5.41, 5.74) is 7.57. The lowest BCUT2D eigenvalue weighted by Gasteiger charge is -2.11. The summed E-state index contributed by atoms with van der Waals surface area (Å²) in [4.78, 5) is 26.0. The molecule has 0 atom stereocenters. The Hall–Kier alpha value is -3.10. The van der Waals surface area contributed by atoms with Crippen LogP contribution in [0, 0.1) is 6.92 Å². The molecule has 0 aliphatic heterocycles.